The normalized spacial score (nSPS) is 15.9. The van der Waals surface area contributed by atoms with E-state index in [1.165, 1.54) is 80.1 Å². The molecule has 0 N–H and O–H groups in total. The largest absolute Gasteiger partial charge is 0.394 e. The van der Waals surface area contributed by atoms with Crippen LogP contribution in [0.3, 0.4) is 0 Å². The lowest BCUT2D eigenvalue weighted by Crippen LogP contribution is -2.47. The van der Waals surface area contributed by atoms with E-state index in [1.807, 2.05) is 55.4 Å². The van der Waals surface area contributed by atoms with Gasteiger partial charge in [-0.1, -0.05) is 377 Å². The Morgan fingerprint density at radius 3 is 0.505 bits per heavy atom. The van der Waals surface area contributed by atoms with Crippen LogP contribution in [0.4, 0.5) is 79.0 Å². The molecule has 0 nitrogen and oxygen atoms in total. The summed E-state index contributed by atoms with van der Waals surface area (Å²) in [6.07, 6.45) is -12.4. The van der Waals surface area contributed by atoms with E-state index < -0.39 is 75.0 Å². The molecule has 0 aromatic carbocycles. The van der Waals surface area contributed by atoms with E-state index in [1.54, 1.807) is 76.2 Å². The lowest BCUT2D eigenvalue weighted by atomic mass is 9.60. The summed E-state index contributed by atoms with van der Waals surface area (Å²) < 4.78 is 227. The van der Waals surface area contributed by atoms with E-state index in [4.69, 9.17) is 0 Å². The van der Waals surface area contributed by atoms with Crippen molar-refractivity contribution >= 4 is 0 Å². The Kier molecular flexibility index (Phi) is 63.6. The van der Waals surface area contributed by atoms with Crippen molar-refractivity contribution in [2.24, 2.45) is 118 Å². The minimum absolute atomic E-state index is 0.0524. The summed E-state index contributed by atoms with van der Waals surface area (Å²) in [5, 5.41) is 0. The van der Waals surface area contributed by atoms with Gasteiger partial charge in [-0.3, -0.25) is 0 Å². The minimum atomic E-state index is -4.11. The summed E-state index contributed by atoms with van der Waals surface area (Å²) in [7, 11) is 0. The van der Waals surface area contributed by atoms with Crippen LogP contribution in [0.5, 0.6) is 0 Å². The van der Waals surface area contributed by atoms with E-state index in [2.05, 4.69) is 152 Å². The predicted molar refractivity (Wildman–Crippen MR) is 451 cm³/mol. The molecule has 0 saturated heterocycles. The highest BCUT2D eigenvalue weighted by atomic mass is 19.4. The Bertz CT molecular complexity index is 2130. The van der Waals surface area contributed by atoms with Gasteiger partial charge in [-0.15, -0.1) is 0 Å². The van der Waals surface area contributed by atoms with Crippen LogP contribution in [0.2, 0.25) is 0 Å². The van der Waals surface area contributed by atoms with Gasteiger partial charge in [-0.2, -0.15) is 79.0 Å². The van der Waals surface area contributed by atoms with E-state index in [0.717, 1.165) is 23.7 Å². The number of hydrogen-bond acceptors (Lipinski definition) is 0. The van der Waals surface area contributed by atoms with Gasteiger partial charge in [-0.25, -0.2) is 0 Å². The van der Waals surface area contributed by atoms with Gasteiger partial charge in [0.15, 0.2) is 0 Å². The maximum Gasteiger partial charge on any atom is 0.394 e. The maximum absolute atomic E-state index is 13.1. The van der Waals surface area contributed by atoms with Crippen molar-refractivity contribution in [1.29, 1.82) is 0 Å². The zero-order valence-corrected chi connectivity index (χ0v) is 81.4. The molecule has 686 valence electrons. The van der Waals surface area contributed by atoms with Crippen LogP contribution in [-0.4, -0.2) is 37.1 Å². The first-order valence-corrected chi connectivity index (χ1v) is 43.2. The molecule has 0 spiro atoms. The highest BCUT2D eigenvalue weighted by Gasteiger charge is 2.60. The standard InChI is InChI=1S/C12H23F3.C11H21F3.C11H24.C10H19F3.C10H22.C9H20.2C8H15F3.C7H13F3.C7H16/c1-7-11(6,12(13,14)15)10(8(2)3)9(4)5;1-6-9(4,7-2)10(5,8-3)11(12,13)14;1-8(2)10(9(3)4)11(5,6)7;1-5-8(6-2)9(4,7-3)10(11,12)13;1-7-10(6,8-2)9(3,4)5;1-6-8(7-2)9(3,4)5;1-5-7(4,6(2)3)8(9,10)11;1-4-6-7(3,5-2)8(9,10)11;1-4-6(3,5-2)7(8,9)10;1-5-6-7(2,3)4/h8-10H,7H2,1-6H3;6-8H2,1-5H3;8-10H,1-7H3;8H,5-7H2,1-4H3;7-8H2,1-6H3;8H,6-7H2,1-5H3;6H,5H2,1-4H3;4-6H2,1-3H3;4-5H2,1-3H3;5-6H2,1-4H3/t11-;10-;;9-;;;2*7-;;/m00.0..00../s1. The van der Waals surface area contributed by atoms with E-state index in [0.29, 0.717) is 59.2 Å². The second-order valence-electron chi connectivity index (χ2n) is 40.0. The molecule has 0 fully saturated rings. The number of hydrogen-bond donors (Lipinski definition) is 0. The fraction of sp³-hybridized carbons (Fsp3) is 1.00. The first-order valence-electron chi connectivity index (χ1n) is 43.2. The van der Waals surface area contributed by atoms with Gasteiger partial charge in [0.05, 0.1) is 32.5 Å². The highest BCUT2D eigenvalue weighted by molar-refractivity contribution is 4.96. The lowest BCUT2D eigenvalue weighted by molar-refractivity contribution is -0.259. The zero-order chi connectivity index (χ0) is 92.6. The minimum Gasteiger partial charge on any atom is -0.171 e. The van der Waals surface area contributed by atoms with Crippen LogP contribution >= 0.6 is 0 Å². The molecule has 0 amide bonds. The molecule has 5 atom stereocenters. The van der Waals surface area contributed by atoms with Gasteiger partial charge >= 0.3 is 37.1 Å². The zero-order valence-electron chi connectivity index (χ0n) is 81.4. The van der Waals surface area contributed by atoms with Crippen LogP contribution in [0.25, 0.3) is 0 Å². The summed E-state index contributed by atoms with van der Waals surface area (Å²) in [6.45, 7) is 91.5. The number of halogens is 18. The number of rotatable bonds is 26. The summed E-state index contributed by atoms with van der Waals surface area (Å²) in [6, 6.07) is 0. The van der Waals surface area contributed by atoms with Crippen molar-refractivity contribution in [2.45, 2.75) is 484 Å². The van der Waals surface area contributed by atoms with Gasteiger partial charge in [0.2, 0.25) is 0 Å². The van der Waals surface area contributed by atoms with Gasteiger partial charge in [0, 0.05) is 0 Å². The quantitative estimate of drug-likeness (QED) is 0.0757. The van der Waals surface area contributed by atoms with E-state index in [-0.39, 0.29) is 81.0 Å². The second kappa shape index (κ2) is 54.1. The molecular weight excluding hydrogens is 1460 g/mol. The molecule has 0 unspecified atom stereocenters. The van der Waals surface area contributed by atoms with Crippen LogP contribution in [0.1, 0.15) is 447 Å². The molecule has 0 aromatic heterocycles. The maximum atomic E-state index is 13.1. The van der Waals surface area contributed by atoms with Crippen molar-refractivity contribution < 1.29 is 79.0 Å². The average Bonchev–Trinajstić information content (AvgIpc) is 0.767. The fourth-order valence-corrected chi connectivity index (χ4v) is 15.8. The van der Waals surface area contributed by atoms with Crippen molar-refractivity contribution in [3.05, 3.63) is 0 Å². The highest BCUT2D eigenvalue weighted by Crippen LogP contribution is 2.57. The van der Waals surface area contributed by atoms with Crippen LogP contribution < -0.4 is 0 Å². The van der Waals surface area contributed by atoms with Crippen LogP contribution in [0, 0.1) is 118 Å². The molecule has 0 rings (SSSR count). The number of alkyl halides is 18. The molecule has 0 aromatic rings. The van der Waals surface area contributed by atoms with Crippen LogP contribution in [-0.2, 0) is 0 Å². The molecule has 0 aliphatic rings. The lowest BCUT2D eigenvalue weighted by Gasteiger charge is -2.46. The molecule has 0 saturated carbocycles. The summed E-state index contributed by atoms with van der Waals surface area (Å²) in [4.78, 5) is 0. The average molecular weight is 1650 g/mol. The van der Waals surface area contributed by atoms with Crippen molar-refractivity contribution in [1.82, 2.24) is 0 Å². The first kappa shape index (κ1) is 130. The topological polar surface area (TPSA) is 0 Å². The summed E-state index contributed by atoms with van der Waals surface area (Å²) in [5.41, 5.74) is -7.25. The van der Waals surface area contributed by atoms with E-state index in [9.17, 15) is 79.0 Å². The Hall–Kier alpha value is -1.26. The van der Waals surface area contributed by atoms with Gasteiger partial charge in [-0.05, 0) is 156 Å². The Balaban J connectivity index is -0.000000128. The third-order valence-corrected chi connectivity index (χ3v) is 27.2. The molecule has 0 aliphatic carbocycles. The Labute approximate surface area is 678 Å². The summed E-state index contributed by atoms with van der Waals surface area (Å²) in [5.74, 6) is 2.52. The molecule has 0 radical (unpaired) electrons. The van der Waals surface area contributed by atoms with Crippen molar-refractivity contribution in [2.75, 3.05) is 0 Å². The van der Waals surface area contributed by atoms with Gasteiger partial charge in [0.1, 0.15) is 0 Å². The molecule has 111 heavy (non-hydrogen) atoms. The second-order valence-corrected chi connectivity index (χ2v) is 40.0. The molecular formula is C93H188F18. The molecule has 0 aliphatic heterocycles. The van der Waals surface area contributed by atoms with Gasteiger partial charge in [0.25, 0.3) is 0 Å². The van der Waals surface area contributed by atoms with Gasteiger partial charge < -0.3 is 0 Å². The predicted octanol–water partition coefficient (Wildman–Crippen LogP) is 39.0. The SMILES string of the molecule is CC(C)C(C(C)C)C(C)(C)C.CCC(C)(CC)C(C)(C)C.CCC(C)(CC)C(F)(F)F.CCC(C)(CC)[C@](C)(CC)C(F)(F)F.CCC(CC)C(C)(C)C.CCC(CC)[C@](C)(CC)C(F)(F)F.CCCC(C)(C)C.CCC[C@](C)(CC)C(F)(F)F.CC[C@@](C)(C(C(C)C)C(C)C)C(F)(F)F.CC[C@@](C)(C(C)C)C(F)(F)F. The molecule has 18 heteroatoms. The first-order chi connectivity index (χ1) is 48.8. The third-order valence-electron chi connectivity index (χ3n) is 27.2. The van der Waals surface area contributed by atoms with E-state index >= 15 is 0 Å². The smallest absolute Gasteiger partial charge is 0.171 e. The Morgan fingerprint density at radius 1 is 0.216 bits per heavy atom. The van der Waals surface area contributed by atoms with Crippen molar-refractivity contribution in [3.8, 4) is 0 Å². The summed E-state index contributed by atoms with van der Waals surface area (Å²) >= 11 is 0. The fourth-order valence-electron chi connectivity index (χ4n) is 15.8. The van der Waals surface area contributed by atoms with Crippen LogP contribution in [0.15, 0.2) is 0 Å². The van der Waals surface area contributed by atoms with Crippen molar-refractivity contribution in [3.63, 3.8) is 0 Å². The monoisotopic (exact) mass is 1650 g/mol. The third kappa shape index (κ3) is 45.1. The Morgan fingerprint density at radius 2 is 0.468 bits per heavy atom. The molecule has 0 heterocycles. The molecule has 0 bridgehead atoms.